The molecule has 27 heavy (non-hydrogen) atoms. The van der Waals surface area contributed by atoms with Crippen molar-refractivity contribution < 1.29 is 18.3 Å². The van der Waals surface area contributed by atoms with E-state index in [0.29, 0.717) is 13.1 Å². The number of hydrogen-bond acceptors (Lipinski definition) is 2. The van der Waals surface area contributed by atoms with Gasteiger partial charge in [-0.25, -0.2) is 4.79 Å². The number of carbonyl (C=O) groups is 1. The zero-order valence-electron chi connectivity index (χ0n) is 16.1. The second-order valence-corrected chi connectivity index (χ2v) is 7.29. The van der Waals surface area contributed by atoms with Crippen LogP contribution in [-0.4, -0.2) is 31.1 Å². The summed E-state index contributed by atoms with van der Waals surface area (Å²) in [4.78, 5) is 13.9. The largest absolute Gasteiger partial charge is 0.435 e. The number of hydrogen-bond donors (Lipinski definition) is 1. The molecule has 0 unspecified atom stereocenters. The minimum atomic E-state index is -2.85. The molecular weight excluding hydrogens is 350 g/mol. The van der Waals surface area contributed by atoms with E-state index in [9.17, 15) is 13.6 Å². The molecule has 2 aromatic rings. The van der Waals surface area contributed by atoms with Crippen molar-refractivity contribution in [3.05, 3.63) is 65.2 Å². The fraction of sp³-hybridized carbons (Fsp3) is 0.381. The number of alkyl halides is 2. The molecule has 0 spiro atoms. The van der Waals surface area contributed by atoms with Crippen molar-refractivity contribution >= 4 is 6.03 Å². The Bertz CT molecular complexity index is 761. The van der Waals surface area contributed by atoms with Gasteiger partial charge in [-0.3, -0.25) is 0 Å². The van der Waals surface area contributed by atoms with Gasteiger partial charge in [0.1, 0.15) is 5.75 Å². The number of halogens is 2. The number of carbonyl (C=O) groups excluding carboxylic acids is 1. The minimum Gasteiger partial charge on any atom is -0.435 e. The van der Waals surface area contributed by atoms with Gasteiger partial charge in [0.2, 0.25) is 0 Å². The average Bonchev–Trinajstić information content (AvgIpc) is 2.61. The second kappa shape index (κ2) is 8.84. The van der Waals surface area contributed by atoms with Gasteiger partial charge in [0.25, 0.3) is 0 Å². The smallest absolute Gasteiger partial charge is 0.387 e. The molecule has 0 aliphatic rings. The van der Waals surface area contributed by atoms with E-state index in [0.717, 1.165) is 5.56 Å². The van der Waals surface area contributed by atoms with Crippen LogP contribution in [0.5, 0.6) is 5.75 Å². The number of aryl methyl sites for hydroxylation is 1. The lowest BCUT2D eigenvalue weighted by atomic mass is 9.84. The number of nitrogens with one attached hydrogen (secondary N) is 1. The van der Waals surface area contributed by atoms with Crippen molar-refractivity contribution in [2.45, 2.75) is 39.3 Å². The fourth-order valence-electron chi connectivity index (χ4n) is 2.72. The van der Waals surface area contributed by atoms with Gasteiger partial charge in [-0.1, -0.05) is 55.8 Å². The van der Waals surface area contributed by atoms with E-state index < -0.39 is 6.61 Å². The molecule has 0 bridgehead atoms. The van der Waals surface area contributed by atoms with Gasteiger partial charge in [0.05, 0.1) is 0 Å². The summed E-state index contributed by atoms with van der Waals surface area (Å²) in [5.74, 6) is 0.0979. The molecule has 0 saturated carbocycles. The lowest BCUT2D eigenvalue weighted by Gasteiger charge is -2.27. The first kappa shape index (κ1) is 20.7. The molecule has 2 amide bonds. The summed E-state index contributed by atoms with van der Waals surface area (Å²) in [6.45, 7) is 4.24. The number of benzene rings is 2. The number of nitrogens with zero attached hydrogens (tertiary/aromatic N) is 1. The van der Waals surface area contributed by atoms with E-state index >= 15 is 0 Å². The highest BCUT2D eigenvalue weighted by atomic mass is 19.3. The Morgan fingerprint density at radius 1 is 1.19 bits per heavy atom. The topological polar surface area (TPSA) is 41.6 Å². The van der Waals surface area contributed by atoms with E-state index in [2.05, 4.69) is 36.0 Å². The summed E-state index contributed by atoms with van der Waals surface area (Å²) in [6, 6.07) is 14.3. The molecule has 0 saturated heterocycles. The SMILES string of the molecule is Cc1cccc(C(C)(C)CNC(=O)N(C)Cc2ccc(OC(F)F)cc2)c1. The highest BCUT2D eigenvalue weighted by molar-refractivity contribution is 5.74. The summed E-state index contributed by atoms with van der Waals surface area (Å²) >= 11 is 0. The van der Waals surface area contributed by atoms with Crippen molar-refractivity contribution in [1.82, 2.24) is 10.2 Å². The summed E-state index contributed by atoms with van der Waals surface area (Å²) < 4.78 is 28.7. The van der Waals surface area contributed by atoms with Crippen LogP contribution in [0.15, 0.2) is 48.5 Å². The van der Waals surface area contributed by atoms with Crippen LogP contribution in [0.4, 0.5) is 13.6 Å². The molecule has 0 heterocycles. The lowest BCUT2D eigenvalue weighted by Crippen LogP contribution is -2.42. The molecule has 4 nitrogen and oxygen atoms in total. The Morgan fingerprint density at radius 2 is 1.85 bits per heavy atom. The highest BCUT2D eigenvalue weighted by Crippen LogP contribution is 2.23. The van der Waals surface area contributed by atoms with Gasteiger partial charge < -0.3 is 15.0 Å². The first-order valence-electron chi connectivity index (χ1n) is 8.77. The second-order valence-electron chi connectivity index (χ2n) is 7.29. The van der Waals surface area contributed by atoms with Crippen LogP contribution < -0.4 is 10.1 Å². The van der Waals surface area contributed by atoms with Crippen molar-refractivity contribution in [2.75, 3.05) is 13.6 Å². The van der Waals surface area contributed by atoms with Gasteiger partial charge in [-0.2, -0.15) is 8.78 Å². The van der Waals surface area contributed by atoms with E-state index in [1.54, 1.807) is 24.1 Å². The van der Waals surface area contributed by atoms with E-state index in [1.807, 2.05) is 19.1 Å². The normalized spacial score (nSPS) is 11.4. The maximum atomic E-state index is 12.4. The Kier molecular flexibility index (Phi) is 6.77. The lowest BCUT2D eigenvalue weighted by molar-refractivity contribution is -0.0498. The van der Waals surface area contributed by atoms with Crippen molar-refractivity contribution in [3.63, 3.8) is 0 Å². The highest BCUT2D eigenvalue weighted by Gasteiger charge is 2.22. The Morgan fingerprint density at radius 3 is 2.44 bits per heavy atom. The molecule has 146 valence electrons. The summed E-state index contributed by atoms with van der Waals surface area (Å²) in [7, 11) is 1.69. The van der Waals surface area contributed by atoms with Crippen LogP contribution in [0, 0.1) is 6.92 Å². The van der Waals surface area contributed by atoms with Crippen LogP contribution in [0.25, 0.3) is 0 Å². The Labute approximate surface area is 159 Å². The fourth-order valence-corrected chi connectivity index (χ4v) is 2.72. The first-order chi connectivity index (χ1) is 12.7. The quantitative estimate of drug-likeness (QED) is 0.760. The van der Waals surface area contributed by atoms with E-state index in [1.165, 1.54) is 23.3 Å². The van der Waals surface area contributed by atoms with Crippen LogP contribution >= 0.6 is 0 Å². The number of urea groups is 1. The molecule has 0 fully saturated rings. The molecule has 0 aromatic heterocycles. The molecule has 0 aliphatic heterocycles. The maximum Gasteiger partial charge on any atom is 0.387 e. The summed E-state index contributed by atoms with van der Waals surface area (Å²) in [5, 5.41) is 2.96. The van der Waals surface area contributed by atoms with Crippen molar-refractivity contribution in [2.24, 2.45) is 0 Å². The molecular formula is C21H26F2N2O2. The van der Waals surface area contributed by atoms with Crippen LogP contribution in [0.3, 0.4) is 0 Å². The summed E-state index contributed by atoms with van der Waals surface area (Å²) in [5.41, 5.74) is 2.98. The minimum absolute atomic E-state index is 0.0979. The third kappa shape index (κ3) is 6.24. The third-order valence-electron chi connectivity index (χ3n) is 4.40. The molecule has 0 atom stereocenters. The zero-order chi connectivity index (χ0) is 20.0. The van der Waals surface area contributed by atoms with Gasteiger partial charge >= 0.3 is 12.6 Å². The zero-order valence-corrected chi connectivity index (χ0v) is 16.1. The monoisotopic (exact) mass is 376 g/mol. The van der Waals surface area contributed by atoms with Gasteiger partial charge in [-0.15, -0.1) is 0 Å². The first-order valence-corrected chi connectivity index (χ1v) is 8.77. The summed E-state index contributed by atoms with van der Waals surface area (Å²) in [6.07, 6.45) is 0. The van der Waals surface area contributed by atoms with Crippen LogP contribution in [0.1, 0.15) is 30.5 Å². The van der Waals surface area contributed by atoms with E-state index in [4.69, 9.17) is 0 Å². The maximum absolute atomic E-state index is 12.4. The van der Waals surface area contributed by atoms with Gasteiger partial charge in [0.15, 0.2) is 0 Å². The Balaban J connectivity index is 1.89. The average molecular weight is 376 g/mol. The van der Waals surface area contributed by atoms with Crippen molar-refractivity contribution in [3.8, 4) is 5.75 Å². The van der Waals surface area contributed by atoms with Crippen LogP contribution in [0.2, 0.25) is 0 Å². The molecule has 0 radical (unpaired) electrons. The third-order valence-corrected chi connectivity index (χ3v) is 4.40. The number of rotatable bonds is 7. The van der Waals surface area contributed by atoms with Crippen LogP contribution in [-0.2, 0) is 12.0 Å². The van der Waals surface area contributed by atoms with E-state index in [-0.39, 0.29) is 17.2 Å². The molecule has 6 heteroatoms. The molecule has 2 aromatic carbocycles. The standard InChI is InChI=1S/C21H26F2N2O2/c1-15-6-5-7-17(12-15)21(2,3)14-24-20(26)25(4)13-16-8-10-18(11-9-16)27-19(22)23/h5-12,19H,13-14H2,1-4H3,(H,24,26). The predicted molar refractivity (Wildman–Crippen MR) is 102 cm³/mol. The van der Waals surface area contributed by atoms with Crippen molar-refractivity contribution in [1.29, 1.82) is 0 Å². The predicted octanol–water partition coefficient (Wildman–Crippen LogP) is 4.72. The molecule has 0 aliphatic carbocycles. The molecule has 2 rings (SSSR count). The van der Waals surface area contributed by atoms with Gasteiger partial charge in [0, 0.05) is 25.6 Å². The Hall–Kier alpha value is -2.63. The number of amides is 2. The molecule has 1 N–H and O–H groups in total. The number of ether oxygens (including phenoxy) is 1. The van der Waals surface area contributed by atoms with Gasteiger partial charge in [-0.05, 0) is 30.2 Å².